The van der Waals surface area contributed by atoms with Gasteiger partial charge in [-0.25, -0.2) is 4.79 Å². The second-order valence-corrected chi connectivity index (χ2v) is 11.1. The van der Waals surface area contributed by atoms with Crippen molar-refractivity contribution in [3.05, 3.63) is 56.6 Å². The van der Waals surface area contributed by atoms with Crippen LogP contribution in [0.1, 0.15) is 53.9 Å². The van der Waals surface area contributed by atoms with Crippen LogP contribution >= 0.6 is 23.2 Å². The van der Waals surface area contributed by atoms with Crippen molar-refractivity contribution >= 4 is 35.2 Å². The molecule has 1 atom stereocenters. The van der Waals surface area contributed by atoms with Crippen molar-refractivity contribution in [1.82, 2.24) is 9.80 Å². The molecule has 0 radical (unpaired) electrons. The highest BCUT2D eigenvalue weighted by molar-refractivity contribution is 6.37. The van der Waals surface area contributed by atoms with Gasteiger partial charge in [-0.15, -0.1) is 0 Å². The van der Waals surface area contributed by atoms with Crippen molar-refractivity contribution in [3.63, 3.8) is 0 Å². The molecule has 0 saturated carbocycles. The van der Waals surface area contributed by atoms with Crippen LogP contribution < -0.4 is 9.47 Å². The van der Waals surface area contributed by atoms with Crippen LogP contribution in [-0.4, -0.2) is 66.4 Å². The minimum Gasteiger partial charge on any atom is -0.497 e. The third-order valence-corrected chi connectivity index (χ3v) is 7.40. The fourth-order valence-electron chi connectivity index (χ4n) is 4.65. The van der Waals surface area contributed by atoms with Crippen molar-refractivity contribution in [3.8, 4) is 11.5 Å². The van der Waals surface area contributed by atoms with Gasteiger partial charge < -0.3 is 29.1 Å². The molecular formula is C27H32Cl2N2O6. The van der Waals surface area contributed by atoms with E-state index in [1.54, 1.807) is 52.0 Å². The van der Waals surface area contributed by atoms with Gasteiger partial charge in [-0.2, -0.15) is 0 Å². The number of carbonyl (C=O) groups excluding carboxylic acids is 2. The van der Waals surface area contributed by atoms with Crippen LogP contribution in [0.5, 0.6) is 11.5 Å². The van der Waals surface area contributed by atoms with Gasteiger partial charge in [-0.1, -0.05) is 23.2 Å². The maximum Gasteiger partial charge on any atom is 0.410 e. The summed E-state index contributed by atoms with van der Waals surface area (Å²) in [5.74, 6) is 0.762. The Kier molecular flexibility index (Phi) is 7.83. The molecule has 1 fully saturated rings. The van der Waals surface area contributed by atoms with E-state index < -0.39 is 17.8 Å². The van der Waals surface area contributed by atoms with Gasteiger partial charge in [0.05, 0.1) is 30.9 Å². The molecule has 0 aliphatic carbocycles. The van der Waals surface area contributed by atoms with E-state index >= 15 is 0 Å². The molecule has 2 aliphatic heterocycles. The van der Waals surface area contributed by atoms with E-state index in [2.05, 4.69) is 0 Å². The molecule has 4 rings (SSSR count). The van der Waals surface area contributed by atoms with Crippen LogP contribution in [0.3, 0.4) is 0 Å². The fraction of sp³-hybridized carbons (Fsp3) is 0.481. The lowest BCUT2D eigenvalue weighted by Crippen LogP contribution is -2.53. The topological polar surface area (TPSA) is 88.5 Å². The molecule has 200 valence electrons. The molecule has 2 heterocycles. The summed E-state index contributed by atoms with van der Waals surface area (Å²) in [7, 11) is 3.15. The quantitative estimate of drug-likeness (QED) is 0.537. The molecule has 2 aromatic rings. The Morgan fingerprint density at radius 2 is 1.86 bits per heavy atom. The number of amides is 2. The predicted octanol–water partition coefficient (Wildman–Crippen LogP) is 5.11. The number of aliphatic hydroxyl groups is 1. The number of fused-ring (bicyclic) bond motifs is 1. The summed E-state index contributed by atoms with van der Waals surface area (Å²) in [5.41, 5.74) is 1.60. The van der Waals surface area contributed by atoms with Gasteiger partial charge in [0, 0.05) is 54.3 Å². The Morgan fingerprint density at radius 1 is 1.16 bits per heavy atom. The zero-order valence-electron chi connectivity index (χ0n) is 21.6. The van der Waals surface area contributed by atoms with E-state index in [0.717, 1.165) is 5.56 Å². The van der Waals surface area contributed by atoms with E-state index in [-0.39, 0.29) is 16.8 Å². The van der Waals surface area contributed by atoms with Gasteiger partial charge in [0.1, 0.15) is 17.1 Å². The van der Waals surface area contributed by atoms with Crippen LogP contribution in [0.25, 0.3) is 0 Å². The van der Waals surface area contributed by atoms with E-state index in [1.165, 1.54) is 4.90 Å². The first-order chi connectivity index (χ1) is 17.4. The number of aliphatic hydroxyl groups excluding tert-OH is 1. The first-order valence-electron chi connectivity index (χ1n) is 12.1. The molecule has 0 aromatic heterocycles. The Balaban J connectivity index is 1.53. The first kappa shape index (κ1) is 27.4. The summed E-state index contributed by atoms with van der Waals surface area (Å²) in [6.07, 6.45) is -0.881. The molecule has 0 spiro atoms. The zero-order valence-corrected chi connectivity index (χ0v) is 23.2. The molecule has 1 N–H and O–H groups in total. The number of likely N-dealkylation sites (tertiary alicyclic amines) is 1. The number of methoxy groups -OCH3 is 2. The number of hydrogen-bond acceptors (Lipinski definition) is 6. The Labute approximate surface area is 227 Å². The number of benzene rings is 2. The zero-order chi connectivity index (χ0) is 27.1. The number of ether oxygens (including phenoxy) is 3. The average Bonchev–Trinajstić information content (AvgIpc) is 2.80. The summed E-state index contributed by atoms with van der Waals surface area (Å²) >= 11 is 13.3. The highest BCUT2D eigenvalue weighted by atomic mass is 35.5. The number of carbonyl (C=O) groups is 2. The van der Waals surface area contributed by atoms with Crippen LogP contribution in [0, 0.1) is 5.92 Å². The third-order valence-electron chi connectivity index (χ3n) is 6.66. The van der Waals surface area contributed by atoms with Gasteiger partial charge >= 0.3 is 6.09 Å². The predicted molar refractivity (Wildman–Crippen MR) is 141 cm³/mol. The second kappa shape index (κ2) is 10.6. The van der Waals surface area contributed by atoms with Gasteiger partial charge in [-0.05, 0) is 51.0 Å². The third kappa shape index (κ3) is 5.61. The normalized spacial score (nSPS) is 16.7. The standard InChI is InChI=1S/C27H32Cl2N2O6/c1-27(2,3)37-26(34)31-13-16(14-31)24(32)19-11-20(28)18-8-9-30(25(33)22(18)23(19)29)12-15-6-7-17(35-4)10-21(15)36-5/h6-7,10-11,16,24,32H,8-9,12-14H2,1-5H3. The molecule has 2 aliphatic rings. The summed E-state index contributed by atoms with van der Waals surface area (Å²) in [6, 6.07) is 7.09. The van der Waals surface area contributed by atoms with Gasteiger partial charge in [0.2, 0.25) is 0 Å². The van der Waals surface area contributed by atoms with E-state index in [1.807, 2.05) is 12.1 Å². The highest BCUT2D eigenvalue weighted by Crippen LogP contribution is 2.41. The van der Waals surface area contributed by atoms with Gasteiger partial charge in [-0.3, -0.25) is 4.79 Å². The Hall–Kier alpha value is -2.68. The molecule has 37 heavy (non-hydrogen) atoms. The van der Waals surface area contributed by atoms with Crippen LogP contribution in [-0.2, 0) is 17.7 Å². The first-order valence-corrected chi connectivity index (χ1v) is 12.9. The van der Waals surface area contributed by atoms with Crippen LogP contribution in [0.4, 0.5) is 4.79 Å². The largest absolute Gasteiger partial charge is 0.497 e. The van der Waals surface area contributed by atoms with Crippen LogP contribution in [0.15, 0.2) is 24.3 Å². The molecule has 2 amide bonds. The van der Waals surface area contributed by atoms with E-state index in [4.69, 9.17) is 37.4 Å². The van der Waals surface area contributed by atoms with E-state index in [0.29, 0.717) is 65.8 Å². The number of nitrogens with zero attached hydrogens (tertiary/aromatic N) is 2. The minimum atomic E-state index is -0.987. The smallest absolute Gasteiger partial charge is 0.410 e. The number of rotatable bonds is 6. The minimum absolute atomic E-state index is 0.194. The molecule has 10 heteroatoms. The SMILES string of the molecule is COc1ccc(CN2CCc3c(Cl)cc(C(O)C4CN(C(=O)OC(C)(C)C)C4)c(Cl)c3C2=O)c(OC)c1. The summed E-state index contributed by atoms with van der Waals surface area (Å²) in [4.78, 5) is 29.1. The van der Waals surface area contributed by atoms with Crippen LogP contribution in [0.2, 0.25) is 10.0 Å². The Bertz CT molecular complexity index is 1210. The van der Waals surface area contributed by atoms with Gasteiger partial charge in [0.15, 0.2) is 0 Å². The number of halogens is 2. The second-order valence-electron chi connectivity index (χ2n) is 10.4. The molecule has 2 aromatic carbocycles. The van der Waals surface area contributed by atoms with Crippen molar-refractivity contribution in [2.45, 2.75) is 45.4 Å². The Morgan fingerprint density at radius 3 is 2.49 bits per heavy atom. The van der Waals surface area contributed by atoms with Crippen molar-refractivity contribution in [1.29, 1.82) is 0 Å². The summed E-state index contributed by atoms with van der Waals surface area (Å²) in [6.45, 7) is 6.83. The molecule has 1 unspecified atom stereocenters. The fourth-order valence-corrected chi connectivity index (χ4v) is 5.32. The molecule has 0 bridgehead atoms. The molecule has 8 nitrogen and oxygen atoms in total. The maximum absolute atomic E-state index is 13.6. The van der Waals surface area contributed by atoms with Crippen molar-refractivity contribution < 1.29 is 28.9 Å². The molecule has 1 saturated heterocycles. The maximum atomic E-state index is 13.6. The highest BCUT2D eigenvalue weighted by Gasteiger charge is 2.40. The lowest BCUT2D eigenvalue weighted by Gasteiger charge is -2.42. The van der Waals surface area contributed by atoms with Gasteiger partial charge in [0.25, 0.3) is 5.91 Å². The monoisotopic (exact) mass is 550 g/mol. The molecular weight excluding hydrogens is 519 g/mol. The average molecular weight is 551 g/mol. The van der Waals surface area contributed by atoms with Crippen molar-refractivity contribution in [2.75, 3.05) is 33.9 Å². The van der Waals surface area contributed by atoms with E-state index in [9.17, 15) is 14.7 Å². The summed E-state index contributed by atoms with van der Waals surface area (Å²) in [5, 5.41) is 11.7. The number of hydrogen-bond donors (Lipinski definition) is 1. The lowest BCUT2D eigenvalue weighted by atomic mass is 9.86. The summed E-state index contributed by atoms with van der Waals surface area (Å²) < 4.78 is 16.1. The lowest BCUT2D eigenvalue weighted by molar-refractivity contribution is -0.0314. The van der Waals surface area contributed by atoms with Crippen molar-refractivity contribution in [2.24, 2.45) is 5.92 Å².